The van der Waals surface area contributed by atoms with Gasteiger partial charge in [-0.15, -0.1) is 0 Å². The van der Waals surface area contributed by atoms with Crippen molar-refractivity contribution in [1.82, 2.24) is 15.1 Å². The number of aromatic nitrogens is 2. The normalized spacial score (nSPS) is 12.6. The predicted octanol–water partition coefficient (Wildman–Crippen LogP) is 2.90. The molecule has 0 fully saturated rings. The molecule has 102 valence electrons. The van der Waals surface area contributed by atoms with Crippen molar-refractivity contribution < 1.29 is 8.78 Å². The van der Waals surface area contributed by atoms with E-state index in [1.807, 2.05) is 6.92 Å². The predicted molar refractivity (Wildman–Crippen MR) is 69.6 cm³/mol. The molecular formula is C14H17F2N3. The largest absolute Gasteiger partial charge is 0.308 e. The molecule has 1 atom stereocenters. The van der Waals surface area contributed by atoms with Crippen LogP contribution in [-0.2, 0) is 6.54 Å². The summed E-state index contributed by atoms with van der Waals surface area (Å²) < 4.78 is 28.9. The first-order valence-corrected chi connectivity index (χ1v) is 6.37. The second-order valence-corrected chi connectivity index (χ2v) is 4.38. The van der Waals surface area contributed by atoms with E-state index in [1.165, 1.54) is 6.07 Å². The Kier molecular flexibility index (Phi) is 4.63. The SMILES string of the molecule is CCCNC(Cn1cccn1)c1cccc(F)c1F. The quantitative estimate of drug-likeness (QED) is 0.870. The minimum absolute atomic E-state index is 0.296. The van der Waals surface area contributed by atoms with Crippen LogP contribution in [0.15, 0.2) is 36.7 Å². The van der Waals surface area contributed by atoms with E-state index in [4.69, 9.17) is 0 Å². The molecule has 0 bridgehead atoms. The molecule has 1 aromatic carbocycles. The fourth-order valence-corrected chi connectivity index (χ4v) is 1.98. The van der Waals surface area contributed by atoms with E-state index in [1.54, 1.807) is 29.2 Å². The molecule has 0 aliphatic rings. The van der Waals surface area contributed by atoms with E-state index in [0.717, 1.165) is 19.0 Å². The Labute approximate surface area is 111 Å². The molecule has 2 aromatic rings. The van der Waals surface area contributed by atoms with Crippen LogP contribution in [0.5, 0.6) is 0 Å². The maximum absolute atomic E-state index is 13.9. The molecule has 0 amide bonds. The number of hydrogen-bond donors (Lipinski definition) is 1. The lowest BCUT2D eigenvalue weighted by Gasteiger charge is -2.19. The number of nitrogens with one attached hydrogen (secondary N) is 1. The number of nitrogens with zero attached hydrogens (tertiary/aromatic N) is 2. The Morgan fingerprint density at radius 2 is 2.16 bits per heavy atom. The second kappa shape index (κ2) is 6.43. The summed E-state index contributed by atoms with van der Waals surface area (Å²) in [4.78, 5) is 0. The van der Waals surface area contributed by atoms with Gasteiger partial charge in [-0.1, -0.05) is 19.1 Å². The highest BCUT2D eigenvalue weighted by atomic mass is 19.2. The minimum Gasteiger partial charge on any atom is -0.308 e. The Balaban J connectivity index is 2.23. The van der Waals surface area contributed by atoms with Gasteiger partial charge in [-0.05, 0) is 25.1 Å². The van der Waals surface area contributed by atoms with Crippen LogP contribution in [0.2, 0.25) is 0 Å². The van der Waals surface area contributed by atoms with Crippen LogP contribution >= 0.6 is 0 Å². The summed E-state index contributed by atoms with van der Waals surface area (Å²) in [6, 6.07) is 5.77. The van der Waals surface area contributed by atoms with Crippen LogP contribution in [0.25, 0.3) is 0 Å². The van der Waals surface area contributed by atoms with Crippen molar-refractivity contribution in [2.24, 2.45) is 0 Å². The Morgan fingerprint density at radius 1 is 1.32 bits per heavy atom. The first-order chi connectivity index (χ1) is 9.22. The number of rotatable bonds is 6. The Bertz CT molecular complexity index is 511. The molecule has 1 N–H and O–H groups in total. The minimum atomic E-state index is -0.818. The maximum Gasteiger partial charge on any atom is 0.163 e. The van der Waals surface area contributed by atoms with Gasteiger partial charge in [0.25, 0.3) is 0 Å². The average Bonchev–Trinajstić information content (AvgIpc) is 2.91. The standard InChI is InChI=1S/C14H17F2N3/c1-2-7-17-13(10-19-9-4-8-18-19)11-5-3-6-12(15)14(11)16/h3-6,8-9,13,17H,2,7,10H2,1H3. The maximum atomic E-state index is 13.9. The lowest BCUT2D eigenvalue weighted by molar-refractivity contribution is 0.411. The third kappa shape index (κ3) is 3.38. The van der Waals surface area contributed by atoms with E-state index < -0.39 is 11.6 Å². The third-order valence-electron chi connectivity index (χ3n) is 2.93. The molecule has 1 aromatic heterocycles. The lowest BCUT2D eigenvalue weighted by atomic mass is 10.1. The zero-order chi connectivity index (χ0) is 13.7. The van der Waals surface area contributed by atoms with Crippen LogP contribution in [-0.4, -0.2) is 16.3 Å². The molecule has 0 spiro atoms. The van der Waals surface area contributed by atoms with Crippen LogP contribution in [0.3, 0.4) is 0 Å². The highest BCUT2D eigenvalue weighted by molar-refractivity contribution is 5.22. The van der Waals surface area contributed by atoms with Crippen molar-refractivity contribution in [3.8, 4) is 0 Å². The van der Waals surface area contributed by atoms with Gasteiger partial charge in [0.2, 0.25) is 0 Å². The fourth-order valence-electron chi connectivity index (χ4n) is 1.98. The van der Waals surface area contributed by atoms with Crippen molar-refractivity contribution in [1.29, 1.82) is 0 Å². The monoisotopic (exact) mass is 265 g/mol. The molecule has 1 unspecified atom stereocenters. The summed E-state index contributed by atoms with van der Waals surface area (Å²) in [6.45, 7) is 3.23. The summed E-state index contributed by atoms with van der Waals surface area (Å²) in [5.74, 6) is -1.61. The molecule has 5 heteroatoms. The summed E-state index contributed by atoms with van der Waals surface area (Å²) in [7, 11) is 0. The highest BCUT2D eigenvalue weighted by Crippen LogP contribution is 2.20. The molecule has 0 saturated heterocycles. The van der Waals surface area contributed by atoms with Crippen molar-refractivity contribution >= 4 is 0 Å². The first kappa shape index (κ1) is 13.7. The van der Waals surface area contributed by atoms with Gasteiger partial charge in [0, 0.05) is 18.0 Å². The Morgan fingerprint density at radius 3 is 2.84 bits per heavy atom. The van der Waals surface area contributed by atoms with Gasteiger partial charge in [-0.3, -0.25) is 4.68 Å². The van der Waals surface area contributed by atoms with Gasteiger partial charge in [-0.2, -0.15) is 5.10 Å². The van der Waals surface area contributed by atoms with Crippen molar-refractivity contribution in [3.63, 3.8) is 0 Å². The van der Waals surface area contributed by atoms with E-state index in [2.05, 4.69) is 10.4 Å². The molecule has 0 aliphatic carbocycles. The van der Waals surface area contributed by atoms with Gasteiger partial charge >= 0.3 is 0 Å². The fraction of sp³-hybridized carbons (Fsp3) is 0.357. The first-order valence-electron chi connectivity index (χ1n) is 6.37. The number of halogens is 2. The zero-order valence-corrected chi connectivity index (χ0v) is 10.8. The zero-order valence-electron chi connectivity index (χ0n) is 10.8. The summed E-state index contributed by atoms with van der Waals surface area (Å²) >= 11 is 0. The van der Waals surface area contributed by atoms with Crippen LogP contribution < -0.4 is 5.32 Å². The molecule has 0 saturated carbocycles. The Hall–Kier alpha value is -1.75. The molecule has 19 heavy (non-hydrogen) atoms. The van der Waals surface area contributed by atoms with Crippen molar-refractivity contribution in [2.75, 3.05) is 6.54 Å². The van der Waals surface area contributed by atoms with E-state index in [9.17, 15) is 8.78 Å². The number of benzene rings is 1. The van der Waals surface area contributed by atoms with E-state index >= 15 is 0 Å². The third-order valence-corrected chi connectivity index (χ3v) is 2.93. The average molecular weight is 265 g/mol. The topological polar surface area (TPSA) is 29.9 Å². The molecule has 2 rings (SSSR count). The molecule has 0 radical (unpaired) electrons. The van der Waals surface area contributed by atoms with Gasteiger partial charge in [0.15, 0.2) is 11.6 Å². The molecule has 3 nitrogen and oxygen atoms in total. The van der Waals surface area contributed by atoms with Crippen molar-refractivity contribution in [3.05, 3.63) is 53.9 Å². The van der Waals surface area contributed by atoms with Crippen LogP contribution in [0.4, 0.5) is 8.78 Å². The van der Waals surface area contributed by atoms with Crippen LogP contribution in [0, 0.1) is 11.6 Å². The smallest absolute Gasteiger partial charge is 0.163 e. The molecular weight excluding hydrogens is 248 g/mol. The van der Waals surface area contributed by atoms with Crippen molar-refractivity contribution in [2.45, 2.75) is 25.9 Å². The summed E-state index contributed by atoms with van der Waals surface area (Å²) in [5.41, 5.74) is 0.337. The van der Waals surface area contributed by atoms with Gasteiger partial charge in [-0.25, -0.2) is 8.78 Å². The van der Waals surface area contributed by atoms with Crippen LogP contribution in [0.1, 0.15) is 24.9 Å². The number of hydrogen-bond acceptors (Lipinski definition) is 2. The lowest BCUT2D eigenvalue weighted by Crippen LogP contribution is -2.27. The highest BCUT2D eigenvalue weighted by Gasteiger charge is 2.18. The summed E-state index contributed by atoms with van der Waals surface area (Å²) in [5, 5.41) is 7.33. The molecule has 0 aliphatic heterocycles. The second-order valence-electron chi connectivity index (χ2n) is 4.38. The van der Waals surface area contributed by atoms with Gasteiger partial charge < -0.3 is 5.32 Å². The van der Waals surface area contributed by atoms with Gasteiger partial charge in [0.05, 0.1) is 12.6 Å². The van der Waals surface area contributed by atoms with E-state index in [-0.39, 0.29) is 6.04 Å². The summed E-state index contributed by atoms with van der Waals surface area (Å²) in [6.07, 6.45) is 4.39. The van der Waals surface area contributed by atoms with E-state index in [0.29, 0.717) is 12.1 Å². The molecule has 1 heterocycles. The van der Waals surface area contributed by atoms with Gasteiger partial charge in [0.1, 0.15) is 0 Å².